The molecule has 0 heterocycles. The van der Waals surface area contributed by atoms with Gasteiger partial charge < -0.3 is 4.74 Å². The van der Waals surface area contributed by atoms with Crippen molar-refractivity contribution < 1.29 is 31.1 Å². The van der Waals surface area contributed by atoms with Crippen molar-refractivity contribution in [3.05, 3.63) is 29.8 Å². The van der Waals surface area contributed by atoms with Crippen molar-refractivity contribution in [3.8, 4) is 0 Å². The van der Waals surface area contributed by atoms with Crippen LogP contribution in [0.4, 0.5) is 13.2 Å². The van der Waals surface area contributed by atoms with E-state index in [2.05, 4.69) is 9.46 Å². The van der Waals surface area contributed by atoms with Gasteiger partial charge in [-0.15, -0.1) is 0 Å². The lowest BCUT2D eigenvalue weighted by molar-refractivity contribution is -0.187. The Hall–Kier alpha value is -1.61. The average Bonchev–Trinajstić information content (AvgIpc) is 2.53. The molecule has 0 bridgehead atoms. The summed E-state index contributed by atoms with van der Waals surface area (Å²) in [5.41, 5.74) is 0.0105. The van der Waals surface area contributed by atoms with Gasteiger partial charge >= 0.3 is 12.1 Å². The van der Waals surface area contributed by atoms with Crippen LogP contribution in [0.25, 0.3) is 0 Å². The predicted molar refractivity (Wildman–Crippen MR) is 79.9 cm³/mol. The number of alkyl halides is 3. The van der Waals surface area contributed by atoms with Crippen LogP contribution in [0.3, 0.4) is 0 Å². The summed E-state index contributed by atoms with van der Waals surface area (Å²) in [6.07, 6.45) is -3.48. The van der Waals surface area contributed by atoms with Gasteiger partial charge in [0.1, 0.15) is 0 Å². The Labute approximate surface area is 138 Å². The highest BCUT2D eigenvalue weighted by molar-refractivity contribution is 7.89. The average molecular weight is 365 g/mol. The number of hydrogen-bond acceptors (Lipinski definition) is 4. The molecule has 24 heavy (non-hydrogen) atoms. The second-order valence-electron chi connectivity index (χ2n) is 5.68. The summed E-state index contributed by atoms with van der Waals surface area (Å²) in [4.78, 5) is 11.2. The minimum Gasteiger partial charge on any atom is -0.465 e. The van der Waals surface area contributed by atoms with Crippen LogP contribution in [0.15, 0.2) is 29.2 Å². The number of esters is 1. The molecule has 134 valence electrons. The minimum absolute atomic E-state index is 0.0105. The SMILES string of the molecule is COC(=O)c1cccc(S(=O)(=O)NC2CCCCC2C(F)(F)F)c1. The van der Waals surface area contributed by atoms with Gasteiger partial charge in [0.25, 0.3) is 0 Å². The first kappa shape index (κ1) is 18.7. The molecule has 0 amide bonds. The number of sulfonamides is 1. The zero-order valence-corrected chi connectivity index (χ0v) is 13.8. The molecule has 2 rings (SSSR count). The van der Waals surface area contributed by atoms with E-state index in [1.54, 1.807) is 0 Å². The zero-order chi connectivity index (χ0) is 18.0. The summed E-state index contributed by atoms with van der Waals surface area (Å²) < 4.78 is 70.7. The number of methoxy groups -OCH3 is 1. The van der Waals surface area contributed by atoms with E-state index >= 15 is 0 Å². The molecule has 0 radical (unpaired) electrons. The largest absolute Gasteiger partial charge is 0.465 e. The van der Waals surface area contributed by atoms with Crippen molar-refractivity contribution in [1.29, 1.82) is 0 Å². The minimum atomic E-state index is -4.46. The van der Waals surface area contributed by atoms with Crippen molar-refractivity contribution in [3.63, 3.8) is 0 Å². The molecule has 1 aromatic carbocycles. The Morgan fingerprint density at radius 3 is 2.54 bits per heavy atom. The molecule has 0 aromatic heterocycles. The Bertz CT molecular complexity index is 703. The summed E-state index contributed by atoms with van der Waals surface area (Å²) in [5.74, 6) is -2.43. The van der Waals surface area contributed by atoms with Crippen molar-refractivity contribution in [2.75, 3.05) is 7.11 Å². The van der Waals surface area contributed by atoms with Gasteiger partial charge in [-0.2, -0.15) is 13.2 Å². The molecule has 5 nitrogen and oxygen atoms in total. The van der Waals surface area contributed by atoms with Crippen LogP contribution in [-0.2, 0) is 14.8 Å². The Balaban J connectivity index is 2.26. The maximum absolute atomic E-state index is 13.1. The first-order valence-electron chi connectivity index (χ1n) is 7.42. The molecule has 9 heteroatoms. The van der Waals surface area contributed by atoms with Gasteiger partial charge in [-0.3, -0.25) is 0 Å². The van der Waals surface area contributed by atoms with Crippen molar-refractivity contribution in [2.24, 2.45) is 5.92 Å². The van der Waals surface area contributed by atoms with E-state index in [4.69, 9.17) is 0 Å². The number of nitrogens with one attached hydrogen (secondary N) is 1. The highest BCUT2D eigenvalue weighted by Gasteiger charge is 2.46. The van der Waals surface area contributed by atoms with E-state index in [1.165, 1.54) is 18.2 Å². The number of hydrogen-bond donors (Lipinski definition) is 1. The van der Waals surface area contributed by atoms with E-state index in [9.17, 15) is 26.4 Å². The summed E-state index contributed by atoms with van der Waals surface area (Å²) in [6, 6.07) is 3.80. The van der Waals surface area contributed by atoms with Crippen molar-refractivity contribution in [1.82, 2.24) is 4.72 Å². The van der Waals surface area contributed by atoms with Crippen LogP contribution in [0.2, 0.25) is 0 Å². The topological polar surface area (TPSA) is 72.5 Å². The monoisotopic (exact) mass is 365 g/mol. The van der Waals surface area contributed by atoms with Gasteiger partial charge in [0.2, 0.25) is 10.0 Å². The number of ether oxygens (including phenoxy) is 1. The summed E-state index contributed by atoms with van der Waals surface area (Å²) >= 11 is 0. The smallest absolute Gasteiger partial charge is 0.393 e. The molecule has 1 aromatic rings. The van der Waals surface area contributed by atoms with Gasteiger partial charge in [-0.25, -0.2) is 17.9 Å². The van der Waals surface area contributed by atoms with Gasteiger partial charge in [0.15, 0.2) is 0 Å². The second-order valence-corrected chi connectivity index (χ2v) is 7.39. The molecule has 1 saturated carbocycles. The summed E-state index contributed by atoms with van der Waals surface area (Å²) in [6.45, 7) is 0. The lowest BCUT2D eigenvalue weighted by Crippen LogP contribution is -2.47. The van der Waals surface area contributed by atoms with Gasteiger partial charge in [-0.1, -0.05) is 18.9 Å². The van der Waals surface area contributed by atoms with Crippen LogP contribution in [0.1, 0.15) is 36.0 Å². The first-order valence-corrected chi connectivity index (χ1v) is 8.91. The molecule has 1 aliphatic rings. The van der Waals surface area contributed by atoms with Gasteiger partial charge in [-0.05, 0) is 31.0 Å². The third-order valence-electron chi connectivity index (χ3n) is 4.06. The Morgan fingerprint density at radius 1 is 1.25 bits per heavy atom. The van der Waals surface area contributed by atoms with E-state index in [-0.39, 0.29) is 23.3 Å². The lowest BCUT2D eigenvalue weighted by atomic mass is 9.85. The number of carbonyl (C=O) groups excluding carboxylic acids is 1. The number of benzene rings is 1. The molecule has 2 atom stereocenters. The van der Waals surface area contributed by atoms with Crippen LogP contribution >= 0.6 is 0 Å². The second kappa shape index (κ2) is 7.10. The van der Waals surface area contributed by atoms with E-state index in [0.29, 0.717) is 12.8 Å². The highest BCUT2D eigenvalue weighted by Crippen LogP contribution is 2.38. The van der Waals surface area contributed by atoms with Crippen LogP contribution < -0.4 is 4.72 Å². The van der Waals surface area contributed by atoms with Crippen molar-refractivity contribution in [2.45, 2.75) is 42.8 Å². The zero-order valence-electron chi connectivity index (χ0n) is 13.0. The molecule has 1 aliphatic carbocycles. The van der Waals surface area contributed by atoms with Gasteiger partial charge in [0.05, 0.1) is 23.5 Å². The van der Waals surface area contributed by atoms with Crippen molar-refractivity contribution >= 4 is 16.0 Å². The molecule has 0 aliphatic heterocycles. The fourth-order valence-corrected chi connectivity index (χ4v) is 4.20. The Kier molecular flexibility index (Phi) is 5.54. The number of carbonyl (C=O) groups is 1. The quantitative estimate of drug-likeness (QED) is 0.833. The molecular weight excluding hydrogens is 347 g/mol. The molecule has 1 N–H and O–H groups in total. The molecule has 0 saturated heterocycles. The maximum atomic E-state index is 13.1. The highest BCUT2D eigenvalue weighted by atomic mass is 32.2. The number of rotatable bonds is 4. The molecular formula is C15H18F3NO4S. The Morgan fingerprint density at radius 2 is 1.92 bits per heavy atom. The standard InChI is InChI=1S/C15H18F3NO4S/c1-23-14(20)10-5-4-6-11(9-10)24(21,22)19-13-8-3-2-7-12(13)15(16,17)18/h4-6,9,12-13,19H,2-3,7-8H2,1H3. The molecule has 1 fully saturated rings. The van der Waals surface area contributed by atoms with E-state index in [1.807, 2.05) is 0 Å². The van der Waals surface area contributed by atoms with Crippen LogP contribution in [0.5, 0.6) is 0 Å². The van der Waals surface area contributed by atoms with Crippen LogP contribution in [0, 0.1) is 5.92 Å². The first-order chi connectivity index (χ1) is 11.1. The van der Waals surface area contributed by atoms with E-state index in [0.717, 1.165) is 13.2 Å². The number of halogens is 3. The maximum Gasteiger partial charge on any atom is 0.393 e. The normalized spacial score (nSPS) is 22.2. The van der Waals surface area contributed by atoms with Crippen LogP contribution in [-0.4, -0.2) is 33.7 Å². The van der Waals surface area contributed by atoms with Gasteiger partial charge in [0, 0.05) is 6.04 Å². The lowest BCUT2D eigenvalue weighted by Gasteiger charge is -2.33. The molecule has 0 spiro atoms. The molecule has 2 unspecified atom stereocenters. The van der Waals surface area contributed by atoms with E-state index < -0.39 is 34.1 Å². The fourth-order valence-electron chi connectivity index (χ4n) is 2.84. The third kappa shape index (κ3) is 4.27. The summed E-state index contributed by atoms with van der Waals surface area (Å²) in [5, 5.41) is 0. The predicted octanol–water partition coefficient (Wildman–Crippen LogP) is 2.87. The third-order valence-corrected chi connectivity index (χ3v) is 5.55. The summed E-state index contributed by atoms with van der Waals surface area (Å²) in [7, 11) is -3.02. The fraction of sp³-hybridized carbons (Fsp3) is 0.533.